The molecular formula is C12H7F11N2O4. The molecule has 1 rings (SSSR count). The first-order valence-corrected chi connectivity index (χ1v) is 6.69. The molecule has 0 saturated heterocycles. The van der Waals surface area contributed by atoms with Crippen molar-refractivity contribution in [3.05, 3.63) is 29.5 Å². The van der Waals surface area contributed by atoms with Gasteiger partial charge >= 0.3 is 30.2 Å². The monoisotopic (exact) mass is 452 g/mol. The van der Waals surface area contributed by atoms with E-state index in [-0.39, 0.29) is 0 Å². The number of carbonyl (C=O) groups excluding carboxylic acids is 1. The Hall–Kier alpha value is -2.24. The van der Waals surface area contributed by atoms with Crippen molar-refractivity contribution in [2.45, 2.75) is 30.2 Å². The number of hydrogen-bond donors (Lipinski definition) is 3. The molecule has 0 heterocycles. The third-order valence-corrected chi connectivity index (χ3v) is 3.04. The lowest BCUT2D eigenvalue weighted by atomic mass is 10.2. The van der Waals surface area contributed by atoms with Gasteiger partial charge in [-0.3, -0.25) is 9.53 Å². The van der Waals surface area contributed by atoms with Gasteiger partial charge in [-0.1, -0.05) is 0 Å². The summed E-state index contributed by atoms with van der Waals surface area (Å²) in [6, 6.07) is 2.39. The minimum Gasteiger partial charge on any atom is -0.595 e. The second-order valence-electron chi connectivity index (χ2n) is 5.12. The molecule has 3 N–H and O–H groups in total. The minimum atomic E-state index is -7.30. The van der Waals surface area contributed by atoms with Gasteiger partial charge in [0.2, 0.25) is 0 Å². The third kappa shape index (κ3) is 4.85. The average Bonchev–Trinajstić information content (AvgIpc) is 2.52. The summed E-state index contributed by atoms with van der Waals surface area (Å²) in [5.74, 6) is -16.9. The fourth-order valence-corrected chi connectivity index (χ4v) is 1.55. The van der Waals surface area contributed by atoms with Crippen LogP contribution in [0.4, 0.5) is 59.7 Å². The summed E-state index contributed by atoms with van der Waals surface area (Å²) in [7, 11) is 0. The molecule has 0 aromatic heterocycles. The van der Waals surface area contributed by atoms with E-state index in [0.717, 1.165) is 5.32 Å². The van der Waals surface area contributed by atoms with Gasteiger partial charge in [-0.05, 0) is 12.1 Å². The number of ether oxygens (including phenoxy) is 1. The van der Waals surface area contributed by atoms with E-state index in [1.807, 2.05) is 0 Å². The molecule has 0 aliphatic rings. The normalized spacial score (nSPS) is 16.9. The quantitative estimate of drug-likeness (QED) is 0.458. The minimum absolute atomic E-state index is 0.488. The summed E-state index contributed by atoms with van der Waals surface area (Å²) in [6.45, 7) is 0. The van der Waals surface area contributed by atoms with Crippen LogP contribution in [0.25, 0.3) is 0 Å². The number of carbonyl (C=O) groups is 1. The molecule has 0 fully saturated rings. The molecule has 2 atom stereocenters. The number of nitrogens with one attached hydrogen (secondary N) is 2. The van der Waals surface area contributed by atoms with Crippen LogP contribution in [0.5, 0.6) is 0 Å². The van der Waals surface area contributed by atoms with Gasteiger partial charge < -0.3 is 10.5 Å². The fourth-order valence-electron chi connectivity index (χ4n) is 1.55. The van der Waals surface area contributed by atoms with E-state index in [4.69, 9.17) is 5.21 Å². The Morgan fingerprint density at radius 3 is 1.69 bits per heavy atom. The highest BCUT2D eigenvalue weighted by molar-refractivity contribution is 5.97. The topological polar surface area (TPSA) is 86.1 Å². The van der Waals surface area contributed by atoms with Crippen molar-refractivity contribution in [2.75, 3.05) is 5.32 Å². The van der Waals surface area contributed by atoms with Crippen LogP contribution >= 0.6 is 0 Å². The Bertz CT molecular complexity index is 733. The Balaban J connectivity index is 3.25. The molecule has 0 bridgehead atoms. The second-order valence-corrected chi connectivity index (χ2v) is 5.12. The highest BCUT2D eigenvalue weighted by Gasteiger charge is 2.79. The lowest BCUT2D eigenvalue weighted by molar-refractivity contribution is -0.991. The zero-order valence-corrected chi connectivity index (χ0v) is 13.1. The Morgan fingerprint density at radius 1 is 0.897 bits per heavy atom. The highest BCUT2D eigenvalue weighted by atomic mass is 19.4. The van der Waals surface area contributed by atoms with E-state index in [2.05, 4.69) is 4.74 Å². The molecule has 166 valence electrons. The molecule has 0 spiro atoms. The predicted molar refractivity (Wildman–Crippen MR) is 67.8 cm³/mol. The van der Waals surface area contributed by atoms with E-state index in [1.54, 1.807) is 0 Å². The maximum atomic E-state index is 14.0. The third-order valence-electron chi connectivity index (χ3n) is 3.04. The highest BCUT2D eigenvalue weighted by Crippen LogP contribution is 2.51. The number of alkyl halides is 11. The number of rotatable bonds is 6. The lowest BCUT2D eigenvalue weighted by Crippen LogP contribution is -2.99. The largest absolute Gasteiger partial charge is 0.595 e. The predicted octanol–water partition coefficient (Wildman–Crippen LogP) is 3.06. The first-order valence-electron chi connectivity index (χ1n) is 6.69. The Morgan fingerprint density at radius 2 is 1.34 bits per heavy atom. The van der Waals surface area contributed by atoms with Crippen LogP contribution in [0.2, 0.25) is 0 Å². The number of benzene rings is 1. The lowest BCUT2D eigenvalue weighted by Gasteiger charge is -2.34. The number of hydrogen-bond acceptors (Lipinski definition) is 4. The summed E-state index contributed by atoms with van der Waals surface area (Å²) in [5, 5.41) is 18.6. The van der Waals surface area contributed by atoms with Crippen molar-refractivity contribution in [3.8, 4) is 0 Å². The first-order chi connectivity index (χ1) is 12.8. The molecule has 1 amide bonds. The molecule has 0 radical (unpaired) electrons. The van der Waals surface area contributed by atoms with Crippen LogP contribution in [0, 0.1) is 5.21 Å². The SMILES string of the molecule is O=C(Nc1ccc([NH+]([O-])O)cc1)C(F)(OC(F)(F)C(F)(F)C(F)(F)F)C(F)(F)F. The second kappa shape index (κ2) is 7.54. The van der Waals surface area contributed by atoms with E-state index in [9.17, 15) is 58.3 Å². The van der Waals surface area contributed by atoms with Crippen molar-refractivity contribution in [1.29, 1.82) is 0 Å². The van der Waals surface area contributed by atoms with Crippen LogP contribution in [-0.4, -0.2) is 41.4 Å². The van der Waals surface area contributed by atoms with Gasteiger partial charge in [0, 0.05) is 17.8 Å². The number of amides is 1. The molecule has 0 saturated carbocycles. The average molecular weight is 452 g/mol. The Kier molecular flexibility index (Phi) is 6.45. The fraction of sp³-hybridized carbons (Fsp3) is 0.417. The molecule has 17 heteroatoms. The van der Waals surface area contributed by atoms with Crippen molar-refractivity contribution < 1.29 is 68.3 Å². The number of anilines is 1. The molecule has 0 aliphatic carbocycles. The van der Waals surface area contributed by atoms with Gasteiger partial charge in [-0.25, -0.2) is 5.21 Å². The molecule has 29 heavy (non-hydrogen) atoms. The van der Waals surface area contributed by atoms with Crippen molar-refractivity contribution in [2.24, 2.45) is 0 Å². The number of halogens is 11. The summed E-state index contributed by atoms with van der Waals surface area (Å²) in [6.07, 6.45) is -21.1. The maximum absolute atomic E-state index is 14.0. The van der Waals surface area contributed by atoms with Gasteiger partial charge in [0.25, 0.3) is 5.91 Å². The summed E-state index contributed by atoms with van der Waals surface area (Å²) < 4.78 is 142. The molecule has 6 nitrogen and oxygen atoms in total. The molecule has 1 aromatic carbocycles. The number of quaternary nitrogens is 1. The summed E-state index contributed by atoms with van der Waals surface area (Å²) in [5.41, 5.74) is -1.35. The summed E-state index contributed by atoms with van der Waals surface area (Å²) >= 11 is 0. The smallest absolute Gasteiger partial charge is 0.462 e. The van der Waals surface area contributed by atoms with Crippen LogP contribution in [0.15, 0.2) is 24.3 Å². The first kappa shape index (κ1) is 24.8. The van der Waals surface area contributed by atoms with Crippen molar-refractivity contribution in [3.63, 3.8) is 0 Å². The molecular weight excluding hydrogens is 445 g/mol. The van der Waals surface area contributed by atoms with Gasteiger partial charge in [-0.15, -0.1) is 0 Å². The van der Waals surface area contributed by atoms with E-state index >= 15 is 0 Å². The maximum Gasteiger partial charge on any atom is 0.462 e. The van der Waals surface area contributed by atoms with Crippen LogP contribution in [0.3, 0.4) is 0 Å². The Labute approximate surface area is 152 Å². The van der Waals surface area contributed by atoms with E-state index in [1.165, 1.54) is 0 Å². The molecule has 1 aromatic rings. The standard InChI is InChI=1S/C12H7F11N2O4/c13-8(10(16,17)18,29-12(22,23)9(14,15)11(19,20)21)7(26)24-5-1-3-6(4-2-5)25(27)28/h1-4,25,27H,(H,24,26). The van der Waals surface area contributed by atoms with Gasteiger partial charge in [0.1, 0.15) is 0 Å². The molecule has 2 unspecified atom stereocenters. The van der Waals surface area contributed by atoms with Crippen LogP contribution < -0.4 is 10.5 Å². The van der Waals surface area contributed by atoms with E-state index < -0.39 is 52.7 Å². The van der Waals surface area contributed by atoms with Gasteiger partial charge in [0.05, 0.1) is 0 Å². The van der Waals surface area contributed by atoms with Gasteiger partial charge in [-0.2, -0.15) is 53.5 Å². The zero-order valence-electron chi connectivity index (χ0n) is 13.1. The van der Waals surface area contributed by atoms with E-state index in [0.29, 0.717) is 24.3 Å². The van der Waals surface area contributed by atoms with Gasteiger partial charge in [0.15, 0.2) is 5.69 Å². The zero-order chi connectivity index (χ0) is 23.1. The van der Waals surface area contributed by atoms with Crippen molar-refractivity contribution in [1.82, 2.24) is 0 Å². The summed E-state index contributed by atoms with van der Waals surface area (Å²) in [4.78, 5) is 11.4. The molecule has 0 aliphatic heterocycles. The van der Waals surface area contributed by atoms with Crippen molar-refractivity contribution >= 4 is 17.3 Å². The van der Waals surface area contributed by atoms with Crippen LogP contribution in [-0.2, 0) is 9.53 Å². The van der Waals surface area contributed by atoms with Crippen LogP contribution in [0.1, 0.15) is 0 Å².